The van der Waals surface area contributed by atoms with Crippen molar-refractivity contribution in [3.05, 3.63) is 0 Å². The van der Waals surface area contributed by atoms with Gasteiger partial charge in [0.25, 0.3) is 5.91 Å². The van der Waals surface area contributed by atoms with Gasteiger partial charge in [-0.05, 0) is 18.3 Å². The second kappa shape index (κ2) is 10.2. The van der Waals surface area contributed by atoms with E-state index in [4.69, 9.17) is 0 Å². The van der Waals surface area contributed by atoms with Crippen molar-refractivity contribution in [2.45, 2.75) is 65.5 Å². The molecule has 0 aliphatic heterocycles. The van der Waals surface area contributed by atoms with E-state index in [0.717, 1.165) is 6.42 Å². The van der Waals surface area contributed by atoms with Crippen molar-refractivity contribution < 1.29 is 24.7 Å². The van der Waals surface area contributed by atoms with Gasteiger partial charge in [0.05, 0.1) is 0 Å². The Balaban J connectivity index is 4.79. The number of unbranched alkanes of at least 4 members (excludes halogenated alkanes) is 1. The van der Waals surface area contributed by atoms with Crippen LogP contribution in [-0.4, -0.2) is 58.8 Å². The fourth-order valence-electron chi connectivity index (χ4n) is 2.08. The summed E-state index contributed by atoms with van der Waals surface area (Å²) in [6, 6.07) is -0.798. The molecule has 0 radical (unpaired) electrons. The topological polar surface area (TPSA) is 119 Å². The molecule has 0 aliphatic carbocycles. The van der Waals surface area contributed by atoms with E-state index in [1.54, 1.807) is 0 Å². The first-order valence-corrected chi connectivity index (χ1v) is 8.29. The average molecular weight is 345 g/mol. The standard InChI is InChI=1S/C16H31N3O5/c1-6-8-9-11(20)15(23)19(24)10-12(21)18-13(14(22)17-5)16(3,4)7-2/h11,13,20,24H,6-10H2,1-5H3,(H,17,22)(H,18,21)/t11-,13+/m0/s1. The molecule has 3 amide bonds. The summed E-state index contributed by atoms with van der Waals surface area (Å²) in [7, 11) is 1.47. The Hall–Kier alpha value is -1.67. The molecule has 0 aromatic heterocycles. The molecule has 8 nitrogen and oxygen atoms in total. The number of amides is 3. The number of likely N-dealkylation sites (N-methyl/N-ethyl adjacent to an activating group) is 1. The zero-order chi connectivity index (χ0) is 18.9. The third kappa shape index (κ3) is 6.84. The molecule has 0 aliphatic rings. The van der Waals surface area contributed by atoms with E-state index in [9.17, 15) is 24.7 Å². The molecule has 0 bridgehead atoms. The predicted molar refractivity (Wildman–Crippen MR) is 89.1 cm³/mol. The van der Waals surface area contributed by atoms with Gasteiger partial charge < -0.3 is 15.7 Å². The molecule has 0 aromatic rings. The smallest absolute Gasteiger partial charge is 0.275 e. The van der Waals surface area contributed by atoms with E-state index in [1.165, 1.54) is 7.05 Å². The number of aliphatic hydroxyl groups excluding tert-OH is 1. The van der Waals surface area contributed by atoms with E-state index in [-0.39, 0.29) is 17.4 Å². The van der Waals surface area contributed by atoms with Crippen molar-refractivity contribution in [2.75, 3.05) is 13.6 Å². The van der Waals surface area contributed by atoms with Gasteiger partial charge in [0.2, 0.25) is 11.8 Å². The molecular formula is C16H31N3O5. The highest BCUT2D eigenvalue weighted by molar-refractivity contribution is 5.90. The lowest BCUT2D eigenvalue weighted by atomic mass is 9.81. The van der Waals surface area contributed by atoms with Crippen LogP contribution in [0.15, 0.2) is 0 Å². The summed E-state index contributed by atoms with van der Waals surface area (Å²) in [4.78, 5) is 35.8. The van der Waals surface area contributed by atoms with Gasteiger partial charge in [0.1, 0.15) is 18.7 Å². The van der Waals surface area contributed by atoms with Crippen molar-refractivity contribution in [3.8, 4) is 0 Å². The largest absolute Gasteiger partial charge is 0.383 e. The maximum Gasteiger partial charge on any atom is 0.275 e. The van der Waals surface area contributed by atoms with Crippen molar-refractivity contribution in [1.29, 1.82) is 0 Å². The molecular weight excluding hydrogens is 314 g/mol. The third-order valence-corrected chi connectivity index (χ3v) is 4.17. The fraction of sp³-hybridized carbons (Fsp3) is 0.812. The summed E-state index contributed by atoms with van der Waals surface area (Å²) in [6.45, 7) is 6.84. The van der Waals surface area contributed by atoms with E-state index in [1.807, 2.05) is 27.7 Å². The lowest BCUT2D eigenvalue weighted by Gasteiger charge is -2.33. The minimum Gasteiger partial charge on any atom is -0.383 e. The van der Waals surface area contributed by atoms with Gasteiger partial charge in [-0.2, -0.15) is 0 Å². The number of carbonyl (C=O) groups excluding carboxylic acids is 3. The van der Waals surface area contributed by atoms with Gasteiger partial charge in [-0.1, -0.05) is 40.5 Å². The molecule has 140 valence electrons. The zero-order valence-electron chi connectivity index (χ0n) is 15.3. The van der Waals surface area contributed by atoms with Crippen molar-refractivity contribution >= 4 is 17.7 Å². The van der Waals surface area contributed by atoms with Crippen LogP contribution in [0.5, 0.6) is 0 Å². The Morgan fingerprint density at radius 2 is 1.79 bits per heavy atom. The molecule has 0 spiro atoms. The summed E-state index contributed by atoms with van der Waals surface area (Å²) in [5.41, 5.74) is -0.499. The lowest BCUT2D eigenvalue weighted by molar-refractivity contribution is -0.177. The maximum atomic E-state index is 12.1. The fourth-order valence-corrected chi connectivity index (χ4v) is 2.08. The second-order valence-electron chi connectivity index (χ2n) is 6.51. The van der Waals surface area contributed by atoms with Crippen LogP contribution < -0.4 is 10.6 Å². The Bertz CT molecular complexity index is 439. The summed E-state index contributed by atoms with van der Waals surface area (Å²) >= 11 is 0. The summed E-state index contributed by atoms with van der Waals surface area (Å²) in [5, 5.41) is 24.6. The number of rotatable bonds is 10. The molecule has 0 unspecified atom stereocenters. The van der Waals surface area contributed by atoms with E-state index in [0.29, 0.717) is 12.8 Å². The minimum absolute atomic E-state index is 0.190. The van der Waals surface area contributed by atoms with Gasteiger partial charge in [-0.3, -0.25) is 19.6 Å². The second-order valence-corrected chi connectivity index (χ2v) is 6.51. The van der Waals surface area contributed by atoms with Crippen LogP contribution in [-0.2, 0) is 14.4 Å². The quantitative estimate of drug-likeness (QED) is 0.338. The van der Waals surface area contributed by atoms with E-state index >= 15 is 0 Å². The Kier molecular flexibility index (Phi) is 9.53. The Morgan fingerprint density at radius 3 is 2.25 bits per heavy atom. The third-order valence-electron chi connectivity index (χ3n) is 4.17. The van der Waals surface area contributed by atoms with Crippen LogP contribution in [0.3, 0.4) is 0 Å². The number of hydroxylamine groups is 2. The molecule has 24 heavy (non-hydrogen) atoms. The maximum absolute atomic E-state index is 12.1. The van der Waals surface area contributed by atoms with Crippen LogP contribution in [0, 0.1) is 5.41 Å². The lowest BCUT2D eigenvalue weighted by Crippen LogP contribution is -2.55. The summed E-state index contributed by atoms with van der Waals surface area (Å²) in [5.74, 6) is -1.96. The van der Waals surface area contributed by atoms with Crippen LogP contribution in [0.4, 0.5) is 0 Å². The highest BCUT2D eigenvalue weighted by atomic mass is 16.5. The minimum atomic E-state index is -1.34. The van der Waals surface area contributed by atoms with Gasteiger partial charge >= 0.3 is 0 Å². The van der Waals surface area contributed by atoms with Crippen molar-refractivity contribution in [3.63, 3.8) is 0 Å². The van der Waals surface area contributed by atoms with E-state index in [2.05, 4.69) is 10.6 Å². The number of hydrogen-bond acceptors (Lipinski definition) is 5. The first-order chi connectivity index (χ1) is 11.1. The van der Waals surface area contributed by atoms with Gasteiger partial charge in [-0.15, -0.1) is 0 Å². The highest BCUT2D eigenvalue weighted by Crippen LogP contribution is 2.25. The van der Waals surface area contributed by atoms with Crippen LogP contribution in [0.2, 0.25) is 0 Å². The Morgan fingerprint density at radius 1 is 1.21 bits per heavy atom. The van der Waals surface area contributed by atoms with Crippen molar-refractivity contribution in [1.82, 2.24) is 15.7 Å². The molecule has 8 heteroatoms. The number of carbonyl (C=O) groups is 3. The molecule has 0 aromatic carbocycles. The molecule has 2 atom stereocenters. The SMILES string of the molecule is CCCC[C@H](O)C(=O)N(O)CC(=O)N[C@H](C(=O)NC)C(C)(C)CC. The predicted octanol–water partition coefficient (Wildman–Crippen LogP) is 0.422. The summed E-state index contributed by atoms with van der Waals surface area (Å²) < 4.78 is 0. The van der Waals surface area contributed by atoms with Gasteiger partial charge in [-0.25, -0.2) is 5.06 Å². The summed E-state index contributed by atoms with van der Waals surface area (Å²) in [6.07, 6.45) is 0.956. The normalized spacial score (nSPS) is 13.8. The van der Waals surface area contributed by atoms with E-state index < -0.39 is 35.9 Å². The number of nitrogens with zero attached hydrogens (tertiary/aromatic N) is 1. The monoisotopic (exact) mass is 345 g/mol. The number of aliphatic hydroxyl groups is 1. The number of hydrogen-bond donors (Lipinski definition) is 4. The van der Waals surface area contributed by atoms with Crippen LogP contribution >= 0.6 is 0 Å². The van der Waals surface area contributed by atoms with Crippen molar-refractivity contribution in [2.24, 2.45) is 5.41 Å². The Labute approximate surface area is 143 Å². The molecule has 0 saturated heterocycles. The molecule has 0 rings (SSSR count). The number of nitrogens with one attached hydrogen (secondary N) is 2. The van der Waals surface area contributed by atoms with Crippen LogP contribution in [0.25, 0.3) is 0 Å². The first-order valence-electron chi connectivity index (χ1n) is 8.29. The molecule has 0 saturated carbocycles. The highest BCUT2D eigenvalue weighted by Gasteiger charge is 2.35. The first kappa shape index (κ1) is 22.3. The molecule has 4 N–H and O–H groups in total. The van der Waals surface area contributed by atoms with Gasteiger partial charge in [0.15, 0.2) is 0 Å². The molecule has 0 heterocycles. The zero-order valence-corrected chi connectivity index (χ0v) is 15.3. The molecule has 0 fully saturated rings. The van der Waals surface area contributed by atoms with Crippen LogP contribution in [0.1, 0.15) is 53.4 Å². The average Bonchev–Trinajstić information content (AvgIpc) is 2.55. The van der Waals surface area contributed by atoms with Gasteiger partial charge in [0, 0.05) is 7.05 Å².